The van der Waals surface area contributed by atoms with Gasteiger partial charge in [0.1, 0.15) is 0 Å². The van der Waals surface area contributed by atoms with E-state index in [0.29, 0.717) is 9.79 Å². The second kappa shape index (κ2) is 10.8. The minimum atomic E-state index is -3.65. The smallest absolute Gasteiger partial charge is 0.208 e. The van der Waals surface area contributed by atoms with Crippen molar-refractivity contribution in [1.29, 1.82) is 0 Å². The molecule has 0 N–H and O–H groups in total. The van der Waals surface area contributed by atoms with Crippen LogP contribution in [0.25, 0.3) is 54.9 Å². The van der Waals surface area contributed by atoms with Crippen LogP contribution in [-0.2, 0) is 15.3 Å². The van der Waals surface area contributed by atoms with Gasteiger partial charge in [0, 0.05) is 38.9 Å². The molecule has 0 aromatic heterocycles. The molecule has 1 aliphatic carbocycles. The van der Waals surface area contributed by atoms with Crippen LogP contribution in [0.4, 0.5) is 17.1 Å². The van der Waals surface area contributed by atoms with Crippen molar-refractivity contribution in [3.63, 3.8) is 0 Å². The first kappa shape index (κ1) is 29.9. The number of benzene rings is 8. The molecular weight excluding hydrogens is 643 g/mol. The molecular formula is C47H33NO2S. The van der Waals surface area contributed by atoms with Gasteiger partial charge in [-0.05, 0) is 80.4 Å². The lowest BCUT2D eigenvalue weighted by Crippen LogP contribution is -2.16. The molecule has 8 aromatic rings. The van der Waals surface area contributed by atoms with E-state index in [1.54, 1.807) is 12.1 Å². The summed E-state index contributed by atoms with van der Waals surface area (Å²) in [6, 6.07) is 56.6. The highest BCUT2D eigenvalue weighted by molar-refractivity contribution is 7.92. The largest absolute Gasteiger partial charge is 0.310 e. The fourth-order valence-corrected chi connectivity index (χ4v) is 10.5. The Labute approximate surface area is 298 Å². The SMILES string of the molecule is CC1(C)c2ccccc2-c2ccc(N(c3ccc(-c4cccc5c4S(=O)(=O)c4ccccc4-5)cc3)c3cc4ccccc4c4ccccc34)cc21. The van der Waals surface area contributed by atoms with E-state index in [9.17, 15) is 8.42 Å². The van der Waals surface area contributed by atoms with Gasteiger partial charge in [-0.3, -0.25) is 0 Å². The molecule has 0 spiro atoms. The number of sulfone groups is 1. The molecule has 1 heterocycles. The Kier molecular flexibility index (Phi) is 6.31. The van der Waals surface area contributed by atoms with Gasteiger partial charge in [0.15, 0.2) is 0 Å². The zero-order chi connectivity index (χ0) is 34.5. The van der Waals surface area contributed by atoms with E-state index in [4.69, 9.17) is 0 Å². The van der Waals surface area contributed by atoms with Crippen molar-refractivity contribution in [2.24, 2.45) is 0 Å². The molecule has 0 amide bonds. The molecule has 0 radical (unpaired) electrons. The van der Waals surface area contributed by atoms with Crippen molar-refractivity contribution in [2.45, 2.75) is 29.1 Å². The van der Waals surface area contributed by atoms with Crippen molar-refractivity contribution < 1.29 is 8.42 Å². The average molecular weight is 676 g/mol. The molecule has 2 aliphatic rings. The minimum Gasteiger partial charge on any atom is -0.310 e. The molecule has 244 valence electrons. The van der Waals surface area contributed by atoms with Gasteiger partial charge in [-0.15, -0.1) is 0 Å². The third kappa shape index (κ3) is 4.27. The summed E-state index contributed by atoms with van der Waals surface area (Å²) in [6.07, 6.45) is 0. The number of rotatable bonds is 4. The van der Waals surface area contributed by atoms with Crippen molar-refractivity contribution >= 4 is 48.4 Å². The van der Waals surface area contributed by atoms with E-state index in [0.717, 1.165) is 44.7 Å². The number of nitrogens with zero attached hydrogens (tertiary/aromatic N) is 1. The predicted octanol–water partition coefficient (Wildman–Crippen LogP) is 12.2. The maximum atomic E-state index is 13.9. The topological polar surface area (TPSA) is 37.4 Å². The highest BCUT2D eigenvalue weighted by Crippen LogP contribution is 2.52. The molecule has 0 saturated heterocycles. The van der Waals surface area contributed by atoms with Gasteiger partial charge in [-0.1, -0.05) is 141 Å². The maximum Gasteiger partial charge on any atom is 0.208 e. The molecule has 10 rings (SSSR count). The van der Waals surface area contributed by atoms with Crippen LogP contribution in [0.2, 0.25) is 0 Å². The summed E-state index contributed by atoms with van der Waals surface area (Å²) in [5.74, 6) is 0. The molecule has 0 saturated carbocycles. The Hall–Kier alpha value is -5.97. The summed E-state index contributed by atoms with van der Waals surface area (Å²) in [7, 11) is -3.65. The maximum absolute atomic E-state index is 13.9. The lowest BCUT2D eigenvalue weighted by atomic mass is 9.82. The molecule has 51 heavy (non-hydrogen) atoms. The summed E-state index contributed by atoms with van der Waals surface area (Å²) < 4.78 is 27.7. The molecule has 3 nitrogen and oxygen atoms in total. The standard InChI is InChI=1S/C47H33NO2S/c1-47(2)42-20-9-7-15-37(42)38-27-26-33(29-43(38)47)48(44-28-31-12-3-4-13-34(31)36-14-5-6-16-39(36)44)32-24-22-30(23-25-32)35-18-11-19-41-40-17-8-10-21-45(40)51(49,50)46(35)41/h3-29H,1-2H3. The average Bonchev–Trinajstić information content (AvgIpc) is 3.55. The Morgan fingerprint density at radius 1 is 0.471 bits per heavy atom. The predicted molar refractivity (Wildman–Crippen MR) is 210 cm³/mol. The van der Waals surface area contributed by atoms with Gasteiger partial charge >= 0.3 is 0 Å². The summed E-state index contributed by atoms with van der Waals surface area (Å²) in [5.41, 5.74) is 11.3. The Bertz CT molecular complexity index is 2850. The highest BCUT2D eigenvalue weighted by Gasteiger charge is 2.37. The van der Waals surface area contributed by atoms with E-state index in [2.05, 4.69) is 140 Å². The van der Waals surface area contributed by atoms with Crippen LogP contribution in [0.5, 0.6) is 0 Å². The number of hydrogen-bond donors (Lipinski definition) is 0. The Balaban J connectivity index is 1.18. The van der Waals surface area contributed by atoms with Crippen LogP contribution in [0, 0.1) is 0 Å². The first-order chi connectivity index (χ1) is 24.8. The van der Waals surface area contributed by atoms with E-state index in [1.165, 1.54) is 38.4 Å². The normalized spacial score (nSPS) is 14.5. The van der Waals surface area contributed by atoms with Crippen LogP contribution in [0.1, 0.15) is 25.0 Å². The fraction of sp³-hybridized carbons (Fsp3) is 0.0638. The summed E-state index contributed by atoms with van der Waals surface area (Å²) >= 11 is 0. The van der Waals surface area contributed by atoms with Crippen LogP contribution < -0.4 is 4.90 Å². The van der Waals surface area contributed by atoms with Gasteiger partial charge in [-0.2, -0.15) is 0 Å². The summed E-state index contributed by atoms with van der Waals surface area (Å²) in [5, 5.41) is 4.75. The van der Waals surface area contributed by atoms with Crippen LogP contribution in [0.15, 0.2) is 174 Å². The zero-order valence-electron chi connectivity index (χ0n) is 28.3. The van der Waals surface area contributed by atoms with E-state index >= 15 is 0 Å². The van der Waals surface area contributed by atoms with Gasteiger partial charge in [-0.25, -0.2) is 8.42 Å². The quantitative estimate of drug-likeness (QED) is 0.174. The lowest BCUT2D eigenvalue weighted by Gasteiger charge is -2.29. The summed E-state index contributed by atoms with van der Waals surface area (Å²) in [6.45, 7) is 4.63. The van der Waals surface area contributed by atoms with E-state index in [-0.39, 0.29) is 5.41 Å². The second-order valence-corrected chi connectivity index (χ2v) is 16.0. The zero-order valence-corrected chi connectivity index (χ0v) is 29.1. The monoisotopic (exact) mass is 675 g/mol. The molecule has 0 atom stereocenters. The Morgan fingerprint density at radius 3 is 1.90 bits per heavy atom. The van der Waals surface area contributed by atoms with Gasteiger partial charge in [0.05, 0.1) is 15.5 Å². The number of fused-ring (bicyclic) bond motifs is 9. The minimum absolute atomic E-state index is 0.153. The second-order valence-electron chi connectivity index (χ2n) is 14.1. The van der Waals surface area contributed by atoms with Crippen LogP contribution >= 0.6 is 0 Å². The first-order valence-corrected chi connectivity index (χ1v) is 18.8. The highest BCUT2D eigenvalue weighted by atomic mass is 32.2. The molecule has 0 bridgehead atoms. The Morgan fingerprint density at radius 2 is 1.08 bits per heavy atom. The van der Waals surface area contributed by atoms with E-state index in [1.807, 2.05) is 30.3 Å². The number of hydrogen-bond acceptors (Lipinski definition) is 3. The molecule has 1 aliphatic heterocycles. The van der Waals surface area contributed by atoms with Crippen molar-refractivity contribution in [3.05, 3.63) is 175 Å². The number of anilines is 3. The van der Waals surface area contributed by atoms with E-state index < -0.39 is 9.84 Å². The molecule has 8 aromatic carbocycles. The van der Waals surface area contributed by atoms with Gasteiger partial charge in [0.25, 0.3) is 0 Å². The van der Waals surface area contributed by atoms with Crippen LogP contribution in [-0.4, -0.2) is 8.42 Å². The third-order valence-electron chi connectivity index (χ3n) is 11.0. The lowest BCUT2D eigenvalue weighted by molar-refractivity contribution is 0.599. The third-order valence-corrected chi connectivity index (χ3v) is 12.9. The molecule has 0 fully saturated rings. The molecule has 0 unspecified atom stereocenters. The first-order valence-electron chi connectivity index (χ1n) is 17.4. The summed E-state index contributed by atoms with van der Waals surface area (Å²) in [4.78, 5) is 3.12. The van der Waals surface area contributed by atoms with Crippen molar-refractivity contribution in [3.8, 4) is 33.4 Å². The van der Waals surface area contributed by atoms with Crippen molar-refractivity contribution in [2.75, 3.05) is 4.90 Å². The fourth-order valence-electron chi connectivity index (χ4n) is 8.57. The molecule has 4 heteroatoms. The van der Waals surface area contributed by atoms with Gasteiger partial charge in [0.2, 0.25) is 9.84 Å². The van der Waals surface area contributed by atoms with Gasteiger partial charge < -0.3 is 4.90 Å². The van der Waals surface area contributed by atoms with Crippen molar-refractivity contribution in [1.82, 2.24) is 0 Å². The van der Waals surface area contributed by atoms with Crippen LogP contribution in [0.3, 0.4) is 0 Å².